The lowest BCUT2D eigenvalue weighted by Gasteiger charge is -2.36. The van der Waals surface area contributed by atoms with Gasteiger partial charge in [0.15, 0.2) is 0 Å². The van der Waals surface area contributed by atoms with Crippen molar-refractivity contribution in [2.75, 3.05) is 19.6 Å². The van der Waals surface area contributed by atoms with Crippen molar-refractivity contribution in [1.82, 2.24) is 9.21 Å². The van der Waals surface area contributed by atoms with Gasteiger partial charge in [0.1, 0.15) is 5.60 Å². The zero-order chi connectivity index (χ0) is 21.4. The summed E-state index contributed by atoms with van der Waals surface area (Å²) in [5.41, 5.74) is 1.85. The standard InChI is InChI=1S/C22H23N3O4S/c1-17-2-8-20(9-3-17)30(27,28)25-12-10-22(11-13-25)16-24(21(26)29-22)15-19-6-4-18(14-23)5-7-19/h2-9H,10-13,15-16H2,1H3. The zero-order valence-electron chi connectivity index (χ0n) is 16.7. The molecule has 0 N–H and O–H groups in total. The summed E-state index contributed by atoms with van der Waals surface area (Å²) in [6.45, 7) is 3.38. The largest absolute Gasteiger partial charge is 0.441 e. The van der Waals surface area contributed by atoms with Gasteiger partial charge in [-0.1, -0.05) is 29.8 Å². The third kappa shape index (κ3) is 3.91. The molecule has 2 aliphatic heterocycles. The summed E-state index contributed by atoms with van der Waals surface area (Å²) in [4.78, 5) is 14.4. The highest BCUT2D eigenvalue weighted by atomic mass is 32.2. The summed E-state index contributed by atoms with van der Waals surface area (Å²) in [5.74, 6) is 0. The van der Waals surface area contributed by atoms with Crippen LogP contribution in [0.3, 0.4) is 0 Å². The van der Waals surface area contributed by atoms with E-state index in [1.165, 1.54) is 4.31 Å². The second kappa shape index (κ2) is 7.74. The topological polar surface area (TPSA) is 90.7 Å². The lowest BCUT2D eigenvalue weighted by atomic mass is 9.92. The van der Waals surface area contributed by atoms with Crippen LogP contribution < -0.4 is 0 Å². The molecule has 2 fully saturated rings. The molecule has 30 heavy (non-hydrogen) atoms. The van der Waals surface area contributed by atoms with Gasteiger partial charge in [-0.2, -0.15) is 9.57 Å². The third-order valence-electron chi connectivity index (χ3n) is 5.79. The molecule has 0 aromatic heterocycles. The number of carbonyl (C=O) groups is 1. The van der Waals surface area contributed by atoms with Gasteiger partial charge in [0.25, 0.3) is 0 Å². The van der Waals surface area contributed by atoms with Gasteiger partial charge in [-0.25, -0.2) is 13.2 Å². The molecule has 4 rings (SSSR count). The number of rotatable bonds is 4. The van der Waals surface area contributed by atoms with Gasteiger partial charge in [0.2, 0.25) is 10.0 Å². The Balaban J connectivity index is 1.41. The molecule has 2 aromatic rings. The van der Waals surface area contributed by atoms with Crippen molar-refractivity contribution in [3.8, 4) is 6.07 Å². The van der Waals surface area contributed by atoms with E-state index < -0.39 is 15.6 Å². The van der Waals surface area contributed by atoms with Gasteiger partial charge in [0, 0.05) is 32.5 Å². The molecular formula is C22H23N3O4S. The van der Waals surface area contributed by atoms with E-state index in [1.54, 1.807) is 41.3 Å². The highest BCUT2D eigenvalue weighted by Crippen LogP contribution is 2.35. The molecule has 0 radical (unpaired) electrons. The van der Waals surface area contributed by atoms with E-state index in [9.17, 15) is 13.2 Å². The smallest absolute Gasteiger partial charge is 0.410 e. The fourth-order valence-electron chi connectivity index (χ4n) is 3.97. The number of aryl methyl sites for hydroxylation is 1. The van der Waals surface area contributed by atoms with E-state index in [0.717, 1.165) is 11.1 Å². The number of nitrogens with zero attached hydrogens (tertiary/aromatic N) is 3. The van der Waals surface area contributed by atoms with Gasteiger partial charge in [-0.3, -0.25) is 4.90 Å². The van der Waals surface area contributed by atoms with E-state index in [2.05, 4.69) is 6.07 Å². The van der Waals surface area contributed by atoms with E-state index in [4.69, 9.17) is 10.00 Å². The lowest BCUT2D eigenvalue weighted by Crippen LogP contribution is -2.48. The highest BCUT2D eigenvalue weighted by molar-refractivity contribution is 7.89. The van der Waals surface area contributed by atoms with Crippen molar-refractivity contribution in [2.45, 2.75) is 36.8 Å². The van der Waals surface area contributed by atoms with Crippen molar-refractivity contribution < 1.29 is 17.9 Å². The maximum atomic E-state index is 12.9. The molecule has 156 valence electrons. The fourth-order valence-corrected chi connectivity index (χ4v) is 5.41. The number of nitriles is 1. The Kier molecular flexibility index (Phi) is 5.26. The maximum absolute atomic E-state index is 12.9. The van der Waals surface area contributed by atoms with Crippen LogP contribution in [0.15, 0.2) is 53.4 Å². The first-order chi connectivity index (χ1) is 14.3. The Morgan fingerprint density at radius 3 is 2.30 bits per heavy atom. The predicted octanol–water partition coefficient (Wildman–Crippen LogP) is 3.04. The van der Waals surface area contributed by atoms with Crippen LogP contribution in [0.25, 0.3) is 0 Å². The lowest BCUT2D eigenvalue weighted by molar-refractivity contribution is 0.0172. The van der Waals surface area contributed by atoms with Crippen LogP contribution in [0.2, 0.25) is 0 Å². The molecule has 2 heterocycles. The number of carbonyl (C=O) groups excluding carboxylic acids is 1. The van der Waals surface area contributed by atoms with E-state index >= 15 is 0 Å². The number of hydrogen-bond acceptors (Lipinski definition) is 5. The van der Waals surface area contributed by atoms with E-state index in [0.29, 0.717) is 44.6 Å². The Morgan fingerprint density at radius 1 is 1.07 bits per heavy atom. The summed E-state index contributed by atoms with van der Waals surface area (Å²) >= 11 is 0. The van der Waals surface area contributed by atoms with Crippen LogP contribution in [0.4, 0.5) is 4.79 Å². The quantitative estimate of drug-likeness (QED) is 0.751. The van der Waals surface area contributed by atoms with E-state index in [1.807, 2.05) is 19.1 Å². The van der Waals surface area contributed by atoms with Crippen LogP contribution >= 0.6 is 0 Å². The van der Waals surface area contributed by atoms with Crippen LogP contribution in [0.5, 0.6) is 0 Å². The SMILES string of the molecule is Cc1ccc(S(=O)(=O)N2CCC3(CC2)CN(Cc2ccc(C#N)cc2)C(=O)O3)cc1. The second-order valence-electron chi connectivity index (χ2n) is 7.93. The summed E-state index contributed by atoms with van der Waals surface area (Å²) in [6.07, 6.45) is 0.552. The monoisotopic (exact) mass is 425 g/mol. The number of benzene rings is 2. The number of hydrogen-bond donors (Lipinski definition) is 0. The molecule has 2 saturated heterocycles. The molecule has 2 aliphatic rings. The molecule has 0 unspecified atom stereocenters. The summed E-state index contributed by atoms with van der Waals surface area (Å²) in [6, 6.07) is 16.0. The van der Waals surface area contributed by atoms with Gasteiger partial charge >= 0.3 is 6.09 Å². The second-order valence-corrected chi connectivity index (χ2v) is 9.87. The Labute approximate surface area is 176 Å². The molecule has 2 aromatic carbocycles. The molecule has 7 nitrogen and oxygen atoms in total. The van der Waals surface area contributed by atoms with Gasteiger partial charge < -0.3 is 4.74 Å². The minimum absolute atomic E-state index is 0.287. The van der Waals surface area contributed by atoms with E-state index in [-0.39, 0.29) is 11.0 Å². The zero-order valence-corrected chi connectivity index (χ0v) is 17.6. The maximum Gasteiger partial charge on any atom is 0.410 e. The Hall–Kier alpha value is -2.89. The minimum Gasteiger partial charge on any atom is -0.441 e. The van der Waals surface area contributed by atoms with Gasteiger partial charge in [0.05, 0.1) is 23.1 Å². The van der Waals surface area contributed by atoms with Crippen LogP contribution in [0.1, 0.15) is 29.5 Å². The van der Waals surface area contributed by atoms with Crippen molar-refractivity contribution >= 4 is 16.1 Å². The number of amides is 1. The molecule has 1 spiro atoms. The first kappa shape index (κ1) is 20.4. The average Bonchev–Trinajstić information content (AvgIpc) is 3.03. The first-order valence-corrected chi connectivity index (χ1v) is 11.3. The molecule has 0 atom stereocenters. The first-order valence-electron chi connectivity index (χ1n) is 9.85. The van der Waals surface area contributed by atoms with Crippen molar-refractivity contribution in [2.24, 2.45) is 0 Å². The van der Waals surface area contributed by atoms with Crippen LogP contribution in [0, 0.1) is 18.3 Å². The summed E-state index contributed by atoms with van der Waals surface area (Å²) < 4.78 is 33.0. The van der Waals surface area contributed by atoms with Crippen molar-refractivity contribution in [1.29, 1.82) is 5.26 Å². The molecule has 8 heteroatoms. The molecule has 1 amide bonds. The number of ether oxygens (including phenoxy) is 1. The van der Waals surface area contributed by atoms with Crippen LogP contribution in [-0.2, 0) is 21.3 Å². The number of sulfonamides is 1. The van der Waals surface area contributed by atoms with Crippen molar-refractivity contribution in [3.05, 3.63) is 65.2 Å². The average molecular weight is 426 g/mol. The highest BCUT2D eigenvalue weighted by Gasteiger charge is 2.48. The Bertz CT molecular complexity index is 1080. The fraction of sp³-hybridized carbons (Fsp3) is 0.364. The predicted molar refractivity (Wildman–Crippen MR) is 110 cm³/mol. The van der Waals surface area contributed by atoms with Crippen molar-refractivity contribution in [3.63, 3.8) is 0 Å². The third-order valence-corrected chi connectivity index (χ3v) is 7.70. The molecule has 0 bridgehead atoms. The minimum atomic E-state index is -3.55. The summed E-state index contributed by atoms with van der Waals surface area (Å²) in [5, 5.41) is 8.90. The summed E-state index contributed by atoms with van der Waals surface area (Å²) in [7, 11) is -3.55. The Morgan fingerprint density at radius 2 is 1.70 bits per heavy atom. The number of piperidine rings is 1. The molecular weight excluding hydrogens is 402 g/mol. The normalized spacial score (nSPS) is 18.9. The molecule has 0 saturated carbocycles. The van der Waals surface area contributed by atoms with Gasteiger partial charge in [-0.05, 0) is 36.8 Å². The van der Waals surface area contributed by atoms with Crippen LogP contribution in [-0.4, -0.2) is 49.0 Å². The van der Waals surface area contributed by atoms with Gasteiger partial charge in [-0.15, -0.1) is 0 Å². The molecule has 0 aliphatic carbocycles.